The molecule has 136 heavy (non-hydrogen) atoms. The minimum Gasteiger partial charge on any atom is -0.870 e. The van der Waals surface area contributed by atoms with Gasteiger partial charge in [0.25, 0.3) is 0 Å². The molecule has 20 aliphatic carbocycles. The number of fused-ring (bicyclic) bond motifs is 28. The quantitative estimate of drug-likeness (QED) is 0.117. The van der Waals surface area contributed by atoms with Gasteiger partial charge in [-0.15, -0.1) is 0 Å². The van der Waals surface area contributed by atoms with Gasteiger partial charge >= 0.3 is 42.7 Å². The summed E-state index contributed by atoms with van der Waals surface area (Å²) in [5.74, 6) is 5.37. The van der Waals surface area contributed by atoms with Crippen LogP contribution in [0.2, 0.25) is 0 Å². The van der Waals surface area contributed by atoms with E-state index in [-0.39, 0.29) is 179 Å². The van der Waals surface area contributed by atoms with Crippen LogP contribution in [0.25, 0.3) is 0 Å². The van der Waals surface area contributed by atoms with Crippen molar-refractivity contribution in [3.05, 3.63) is 46.6 Å². The van der Waals surface area contributed by atoms with Crippen molar-refractivity contribution in [1.29, 1.82) is 0 Å². The fourth-order valence-corrected chi connectivity index (χ4v) is 42.5. The molecule has 0 aliphatic heterocycles. The molecular weight excluding hydrogens is 1680 g/mol. The minimum absolute atomic E-state index is 0. The van der Waals surface area contributed by atoms with Crippen LogP contribution in [0.3, 0.4) is 0 Å². The molecule has 0 spiro atoms. The van der Waals surface area contributed by atoms with Gasteiger partial charge in [0, 0.05) is 23.7 Å². The zero-order valence-corrected chi connectivity index (χ0v) is 92.2. The van der Waals surface area contributed by atoms with Crippen LogP contribution >= 0.6 is 0 Å². The summed E-state index contributed by atoms with van der Waals surface area (Å²) in [7, 11) is 3.18. The van der Waals surface area contributed by atoms with Crippen LogP contribution in [0.1, 0.15) is 451 Å². The van der Waals surface area contributed by atoms with Crippen LogP contribution in [-0.4, -0.2) is 87.8 Å². The van der Waals surface area contributed by atoms with Gasteiger partial charge in [-0.2, -0.15) is 0 Å². The van der Waals surface area contributed by atoms with Crippen molar-refractivity contribution in [2.75, 3.05) is 14.2 Å². The third-order valence-electron chi connectivity index (χ3n) is 52.0. The number of carbonyl (C=O) groups is 6. The van der Waals surface area contributed by atoms with E-state index in [0.29, 0.717) is 70.7 Å². The van der Waals surface area contributed by atoms with E-state index in [4.69, 9.17) is 9.47 Å². The van der Waals surface area contributed by atoms with Crippen LogP contribution in [-0.2, 0) is 38.2 Å². The molecule has 14 heteroatoms. The predicted octanol–water partition coefficient (Wildman–Crippen LogP) is 26.4. The van der Waals surface area contributed by atoms with Crippen LogP contribution < -0.4 is 18.9 Å². The number of carbonyl (C=O) groups excluding carboxylic acids is 4. The van der Waals surface area contributed by atoms with E-state index in [9.17, 15) is 49.2 Å². The summed E-state index contributed by atoms with van der Waals surface area (Å²) in [5, 5.41) is 42.8. The van der Waals surface area contributed by atoms with E-state index < -0.39 is 22.8 Å². The number of allylic oxidation sites excluding steroid dienone is 8. The van der Waals surface area contributed by atoms with Crippen molar-refractivity contribution in [1.82, 2.24) is 0 Å². The van der Waals surface area contributed by atoms with Gasteiger partial charge in [0.15, 0.2) is 0 Å². The number of hydrogen-bond donors (Lipinski definition) is 4. The largest absolute Gasteiger partial charge is 1.00 e. The van der Waals surface area contributed by atoms with E-state index in [1.807, 2.05) is 0 Å². The molecule has 0 aromatic rings. The van der Waals surface area contributed by atoms with Crippen LogP contribution in [0.5, 0.6) is 0 Å². The molecule has 0 aromatic heterocycles. The molecule has 20 aliphatic rings. The Bertz CT molecular complexity index is 4850. The first-order valence-corrected chi connectivity index (χ1v) is 55.5. The number of ketones is 2. The summed E-state index contributed by atoms with van der Waals surface area (Å²) >= 11 is 0. The second-order valence-corrected chi connectivity index (χ2v) is 60.1. The van der Waals surface area contributed by atoms with Crippen molar-refractivity contribution < 1.29 is 83.0 Å². The van der Waals surface area contributed by atoms with Crippen molar-refractivity contribution in [3.8, 4) is 0 Å². The zero-order valence-electron chi connectivity index (χ0n) is 92.2. The van der Waals surface area contributed by atoms with Crippen molar-refractivity contribution in [2.45, 2.75) is 463 Å². The standard InChI is InChI=1S/C31H50O3.C31H48O3.C30H48O3.C30H46O3.Li.H2O/c2*1-26(2)15-17-31(25(33)34-8)18-16-29(6)20(21(31)19-26)9-10-23-28(5)13-12-24(32)27(3,4)22(28)11-14-30(23,29)7;2*1-25(2)14-16-30(24(32)33)17-15-28(6)19(20(30)18-25)8-9-22-27(5)12-11-23(31)26(3,4)21(27)10-13-29(22,28)7;;/h9,21-24,32H,10-19H2,1-8H3;9,21-23H,10-19H2,1-8H3;8,20-23,31H,9-18H2,1-7H3,(H,32,33);8,20-22H,9-18H2,1-7H3,(H,32,33);;1H2/q;;;;+1;/p-1/t21-,22?,23?,24-,28-,29-,30+,31?;21-,22?,23?,28-,29-,30+,31?;20-,21?,22?,23-,27-,28-,29+,30?;20-,21?,22?,27-,28-,29+,30?;;/m0000../s1. The normalized spacial score (nSPS) is 49.9. The molecule has 0 amide bonds. The SMILES string of the molecule is CC1(C)CCC2(C(=O)O)CC[C@@]3(C)C(=CCC4[C@@]5(C)CCC(=O)C(C)(C)C5CC[C@]43C)[C@@H]2C1.CC1(C)CCC2(C(=O)O)CC[C@@]3(C)C(=CCC4[C@@]5(C)CC[C@H](O)C(C)(C)C5CC[C@]43C)[C@@H]2C1.COC(=O)C12CCC(C)(C)C[C@H]1C1=CCC3[C@@]4(C)CCC(=O)C(C)(C)C4CC[C@@]3(C)[C@@]1(C)CC2.COC(=O)C12CCC(C)(C)C[C@H]1C1=CCC3[C@@]4(C)CC[C@H](O)C(C)(C)C4CC[C@@]3(C)[C@@]1(C)CC2.[Li+].[OH-]. The topological polar surface area (TPSA) is 232 Å². The maximum atomic E-state index is 13.3. The fraction of sp³-hybridized carbons (Fsp3) is 0.885. The Kier molecular flexibility index (Phi) is 26.4. The molecule has 16 saturated carbocycles. The second-order valence-electron chi connectivity index (χ2n) is 60.1. The summed E-state index contributed by atoms with van der Waals surface area (Å²) in [4.78, 5) is 78.0. The van der Waals surface area contributed by atoms with Crippen LogP contribution in [0, 0.1) is 201 Å². The number of aliphatic carboxylic acids is 2. The van der Waals surface area contributed by atoms with E-state index in [2.05, 4.69) is 218 Å². The number of methoxy groups -OCH3 is 2. The van der Waals surface area contributed by atoms with Gasteiger partial charge in [0.05, 0.1) is 48.1 Å². The second kappa shape index (κ2) is 33.6. The van der Waals surface area contributed by atoms with Crippen LogP contribution in [0.15, 0.2) is 46.6 Å². The van der Waals surface area contributed by atoms with Gasteiger partial charge in [0.2, 0.25) is 0 Å². The fourth-order valence-electron chi connectivity index (χ4n) is 42.5. The average Bonchev–Trinajstić information content (AvgIpc) is 0.685. The van der Waals surface area contributed by atoms with Gasteiger partial charge in [-0.25, -0.2) is 0 Å². The number of esters is 2. The number of rotatable bonds is 4. The van der Waals surface area contributed by atoms with Gasteiger partial charge < -0.3 is 35.4 Å². The van der Waals surface area contributed by atoms with E-state index in [1.54, 1.807) is 25.4 Å². The Morgan fingerprint density at radius 3 is 0.757 bits per heavy atom. The molecule has 13 nitrogen and oxygen atoms in total. The minimum atomic E-state index is -0.565. The molecule has 0 aromatic carbocycles. The Morgan fingerprint density at radius 1 is 0.287 bits per heavy atom. The molecule has 0 bridgehead atoms. The molecule has 16 fully saturated rings. The van der Waals surface area contributed by atoms with E-state index in [1.165, 1.54) is 49.7 Å². The maximum absolute atomic E-state index is 13.3. The van der Waals surface area contributed by atoms with Crippen LogP contribution in [0.4, 0.5) is 0 Å². The van der Waals surface area contributed by atoms with E-state index in [0.717, 1.165) is 218 Å². The first-order chi connectivity index (χ1) is 61.6. The third kappa shape index (κ3) is 14.5. The molecule has 0 saturated heterocycles. The molecule has 30 atom stereocenters. The third-order valence-corrected chi connectivity index (χ3v) is 52.0. The monoisotopic (exact) mass is 1870 g/mol. The molecule has 5 N–H and O–H groups in total. The van der Waals surface area contributed by atoms with Crippen molar-refractivity contribution in [2.24, 2.45) is 201 Å². The van der Waals surface area contributed by atoms with Gasteiger partial charge in [-0.1, -0.05) is 240 Å². The number of hydrogen-bond acceptors (Lipinski definition) is 11. The summed E-state index contributed by atoms with van der Waals surface area (Å²) in [6.45, 7) is 67.7. The van der Waals surface area contributed by atoms with Gasteiger partial charge in [-0.05, 0) is 412 Å². The Morgan fingerprint density at radius 2 is 0.507 bits per heavy atom. The maximum Gasteiger partial charge on any atom is 1.00 e. The Balaban J connectivity index is 0.000000137. The first-order valence-electron chi connectivity index (χ1n) is 55.5. The van der Waals surface area contributed by atoms with E-state index >= 15 is 0 Å². The summed E-state index contributed by atoms with van der Waals surface area (Å²) in [5.41, 5.74) is 7.03. The first kappa shape index (κ1) is 107. The number of Topliss-reactive ketones (excluding diaryl/α,β-unsaturated/α-hetero) is 2. The van der Waals surface area contributed by atoms with Gasteiger partial charge in [0.1, 0.15) is 11.6 Å². The molecular formula is C122H193LiO13. The molecule has 0 radical (unpaired) electrons. The predicted molar refractivity (Wildman–Crippen MR) is 539 cm³/mol. The number of carboxylic acids is 2. The van der Waals surface area contributed by atoms with Crippen molar-refractivity contribution in [3.63, 3.8) is 0 Å². The van der Waals surface area contributed by atoms with Gasteiger partial charge in [-0.3, -0.25) is 28.8 Å². The average molecular weight is 1870 g/mol. The summed E-state index contributed by atoms with van der Waals surface area (Å²) in [6, 6.07) is 0. The molecule has 760 valence electrons. The molecule has 20 rings (SSSR count). The number of ether oxygens (including phenoxy) is 2. The Labute approximate surface area is 837 Å². The summed E-state index contributed by atoms with van der Waals surface area (Å²) < 4.78 is 11.0. The van der Waals surface area contributed by atoms with Crippen molar-refractivity contribution >= 4 is 35.4 Å². The number of carboxylic acid groups (broad SMARTS) is 2. The smallest absolute Gasteiger partial charge is 0.870 e. The Hall–Kier alpha value is -3.34. The molecule has 0 heterocycles. The molecule has 12 unspecified atom stereocenters. The zero-order chi connectivity index (χ0) is 98.4. The summed E-state index contributed by atoms with van der Waals surface area (Å²) in [6.07, 6.45) is 51.3. The number of aliphatic hydroxyl groups is 2. The number of aliphatic hydroxyl groups excluding tert-OH is 2.